The van der Waals surface area contributed by atoms with Crippen molar-refractivity contribution in [1.29, 1.82) is 0 Å². The summed E-state index contributed by atoms with van der Waals surface area (Å²) in [5.74, 6) is 0. The van der Waals surface area contributed by atoms with Gasteiger partial charge in [-0.15, -0.1) is 0 Å². The Bertz CT molecular complexity index is 626. The average Bonchev–Trinajstić information content (AvgIpc) is 2.48. The van der Waals surface area contributed by atoms with E-state index in [9.17, 15) is 10.1 Å². The van der Waals surface area contributed by atoms with Gasteiger partial charge < -0.3 is 4.90 Å². The maximum atomic E-state index is 10.9. The third-order valence-electron chi connectivity index (χ3n) is 3.70. The molecule has 102 valence electrons. The number of non-ortho nitro benzene ring substituents is 1. The van der Waals surface area contributed by atoms with E-state index in [0.717, 1.165) is 37.2 Å². The van der Waals surface area contributed by atoms with Crippen LogP contribution in [-0.4, -0.2) is 11.5 Å². The minimum Gasteiger partial charge on any atom is -0.367 e. The molecule has 2 aromatic carbocycles. The largest absolute Gasteiger partial charge is 0.367 e. The first-order chi connectivity index (χ1) is 9.74. The van der Waals surface area contributed by atoms with E-state index in [1.54, 1.807) is 12.1 Å². The number of anilines is 1. The molecule has 0 bridgehead atoms. The van der Waals surface area contributed by atoms with Gasteiger partial charge in [-0.05, 0) is 30.0 Å². The lowest BCUT2D eigenvalue weighted by Crippen LogP contribution is -2.28. The van der Waals surface area contributed by atoms with Gasteiger partial charge in [0.05, 0.1) is 4.92 Å². The number of nitro benzene ring substituents is 1. The number of benzene rings is 2. The van der Waals surface area contributed by atoms with Crippen LogP contribution in [0.2, 0.25) is 0 Å². The molecule has 0 saturated heterocycles. The molecule has 0 N–H and O–H groups in total. The highest BCUT2D eigenvalue weighted by Gasteiger charge is 2.19. The number of nitro groups is 1. The van der Waals surface area contributed by atoms with Crippen LogP contribution in [0.1, 0.15) is 17.5 Å². The van der Waals surface area contributed by atoms with Gasteiger partial charge in [0, 0.05) is 30.9 Å². The number of aryl methyl sites for hydroxylation is 1. The summed E-state index contributed by atoms with van der Waals surface area (Å²) in [4.78, 5) is 12.8. The zero-order valence-electron chi connectivity index (χ0n) is 11.2. The van der Waals surface area contributed by atoms with Gasteiger partial charge in [0.25, 0.3) is 5.69 Å². The molecular weight excluding hydrogens is 252 g/mol. The molecule has 0 amide bonds. The van der Waals surface area contributed by atoms with Gasteiger partial charge in [0.2, 0.25) is 0 Å². The second kappa shape index (κ2) is 5.33. The highest BCUT2D eigenvalue weighted by atomic mass is 16.6. The maximum Gasteiger partial charge on any atom is 0.269 e. The fraction of sp³-hybridized carbons (Fsp3) is 0.250. The Balaban J connectivity index is 1.88. The van der Waals surface area contributed by atoms with Crippen molar-refractivity contribution < 1.29 is 4.92 Å². The first-order valence-corrected chi connectivity index (χ1v) is 6.80. The van der Waals surface area contributed by atoms with Gasteiger partial charge in [-0.3, -0.25) is 10.1 Å². The van der Waals surface area contributed by atoms with Crippen LogP contribution in [0.15, 0.2) is 48.5 Å². The Morgan fingerprint density at radius 1 is 1.15 bits per heavy atom. The fourth-order valence-corrected chi connectivity index (χ4v) is 2.74. The summed E-state index contributed by atoms with van der Waals surface area (Å²) in [6.45, 7) is 1.85. The third-order valence-corrected chi connectivity index (χ3v) is 3.70. The van der Waals surface area contributed by atoms with Crippen molar-refractivity contribution in [3.8, 4) is 0 Å². The predicted octanol–water partition coefficient (Wildman–Crippen LogP) is 3.55. The molecule has 1 aliphatic heterocycles. The lowest BCUT2D eigenvalue weighted by atomic mass is 10.0. The highest BCUT2D eigenvalue weighted by Crippen LogP contribution is 2.31. The standard InChI is InChI=1S/C16H16N2O2/c19-18(20)15-8-9-16-14(11-15)7-4-10-17(16)12-13-5-2-1-3-6-13/h1-3,5-6,8-9,11H,4,7,10,12H2. The second-order valence-corrected chi connectivity index (χ2v) is 5.08. The molecule has 3 rings (SSSR count). The molecule has 1 heterocycles. The quantitative estimate of drug-likeness (QED) is 0.631. The lowest BCUT2D eigenvalue weighted by Gasteiger charge is -2.31. The molecule has 4 heteroatoms. The Morgan fingerprint density at radius 3 is 2.70 bits per heavy atom. The van der Waals surface area contributed by atoms with Crippen LogP contribution in [0.25, 0.3) is 0 Å². The Labute approximate surface area is 117 Å². The Hall–Kier alpha value is -2.36. The fourth-order valence-electron chi connectivity index (χ4n) is 2.74. The Kier molecular flexibility index (Phi) is 3.37. The first-order valence-electron chi connectivity index (χ1n) is 6.80. The highest BCUT2D eigenvalue weighted by molar-refractivity contribution is 5.59. The van der Waals surface area contributed by atoms with Crippen LogP contribution < -0.4 is 4.90 Å². The zero-order valence-corrected chi connectivity index (χ0v) is 11.2. The summed E-state index contributed by atoms with van der Waals surface area (Å²) in [6.07, 6.45) is 1.96. The van der Waals surface area contributed by atoms with E-state index < -0.39 is 0 Å². The van der Waals surface area contributed by atoms with Crippen LogP contribution in [0.5, 0.6) is 0 Å². The molecule has 2 aromatic rings. The van der Waals surface area contributed by atoms with Gasteiger partial charge in [-0.1, -0.05) is 30.3 Å². The van der Waals surface area contributed by atoms with Crippen molar-refractivity contribution in [3.05, 3.63) is 69.8 Å². The summed E-state index contributed by atoms with van der Waals surface area (Å²) in [7, 11) is 0. The number of rotatable bonds is 3. The van der Waals surface area contributed by atoms with Crippen molar-refractivity contribution in [2.24, 2.45) is 0 Å². The molecule has 4 nitrogen and oxygen atoms in total. The van der Waals surface area contributed by atoms with Crippen LogP contribution in [0.3, 0.4) is 0 Å². The molecular formula is C16H16N2O2. The van der Waals surface area contributed by atoms with E-state index in [-0.39, 0.29) is 10.6 Å². The van der Waals surface area contributed by atoms with Gasteiger partial charge in [-0.2, -0.15) is 0 Å². The van der Waals surface area contributed by atoms with Crippen molar-refractivity contribution in [2.45, 2.75) is 19.4 Å². The smallest absolute Gasteiger partial charge is 0.269 e. The monoisotopic (exact) mass is 268 g/mol. The van der Waals surface area contributed by atoms with Gasteiger partial charge in [0.1, 0.15) is 0 Å². The van der Waals surface area contributed by atoms with E-state index >= 15 is 0 Å². The third kappa shape index (κ3) is 2.50. The number of hydrogen-bond donors (Lipinski definition) is 0. The van der Waals surface area contributed by atoms with Gasteiger partial charge in [-0.25, -0.2) is 0 Å². The van der Waals surface area contributed by atoms with Gasteiger partial charge >= 0.3 is 0 Å². The van der Waals surface area contributed by atoms with Crippen LogP contribution in [-0.2, 0) is 13.0 Å². The van der Waals surface area contributed by atoms with Crippen LogP contribution >= 0.6 is 0 Å². The number of hydrogen-bond acceptors (Lipinski definition) is 3. The molecule has 0 aromatic heterocycles. The molecule has 0 atom stereocenters. The molecule has 0 fully saturated rings. The van der Waals surface area contributed by atoms with Crippen molar-refractivity contribution in [1.82, 2.24) is 0 Å². The molecule has 0 unspecified atom stereocenters. The van der Waals surface area contributed by atoms with E-state index in [0.29, 0.717) is 0 Å². The van der Waals surface area contributed by atoms with E-state index in [1.165, 1.54) is 5.56 Å². The Morgan fingerprint density at radius 2 is 1.95 bits per heavy atom. The van der Waals surface area contributed by atoms with Crippen molar-refractivity contribution >= 4 is 11.4 Å². The summed E-state index contributed by atoms with van der Waals surface area (Å²) in [5.41, 5.74) is 3.66. The van der Waals surface area contributed by atoms with E-state index in [2.05, 4.69) is 17.0 Å². The van der Waals surface area contributed by atoms with Crippen LogP contribution in [0.4, 0.5) is 11.4 Å². The molecule has 0 radical (unpaired) electrons. The van der Waals surface area contributed by atoms with E-state index in [1.807, 2.05) is 24.3 Å². The van der Waals surface area contributed by atoms with Crippen LogP contribution in [0, 0.1) is 10.1 Å². The lowest BCUT2D eigenvalue weighted by molar-refractivity contribution is -0.384. The summed E-state index contributed by atoms with van der Waals surface area (Å²) in [5, 5.41) is 10.9. The van der Waals surface area contributed by atoms with Gasteiger partial charge in [0.15, 0.2) is 0 Å². The maximum absolute atomic E-state index is 10.9. The molecule has 0 aliphatic carbocycles. The normalized spacial score (nSPS) is 13.9. The summed E-state index contributed by atoms with van der Waals surface area (Å²) < 4.78 is 0. The summed E-state index contributed by atoms with van der Waals surface area (Å²) >= 11 is 0. The predicted molar refractivity (Wildman–Crippen MR) is 78.9 cm³/mol. The molecule has 0 saturated carbocycles. The number of nitrogens with zero attached hydrogens (tertiary/aromatic N) is 2. The minimum atomic E-state index is -0.323. The second-order valence-electron chi connectivity index (χ2n) is 5.08. The summed E-state index contributed by atoms with van der Waals surface area (Å²) in [6, 6.07) is 15.5. The molecule has 20 heavy (non-hydrogen) atoms. The zero-order chi connectivity index (χ0) is 13.9. The first kappa shape index (κ1) is 12.7. The topological polar surface area (TPSA) is 46.4 Å². The SMILES string of the molecule is O=[N+]([O-])c1ccc2c(c1)CCCN2Cc1ccccc1. The van der Waals surface area contributed by atoms with Crippen molar-refractivity contribution in [2.75, 3.05) is 11.4 Å². The van der Waals surface area contributed by atoms with Crippen molar-refractivity contribution in [3.63, 3.8) is 0 Å². The average molecular weight is 268 g/mol. The molecule has 0 spiro atoms. The van der Waals surface area contributed by atoms with E-state index in [4.69, 9.17) is 0 Å². The molecule has 1 aliphatic rings. The minimum absolute atomic E-state index is 0.185. The number of fused-ring (bicyclic) bond motifs is 1.